The van der Waals surface area contributed by atoms with Gasteiger partial charge in [-0.25, -0.2) is 0 Å². The minimum absolute atomic E-state index is 0.194. The van der Waals surface area contributed by atoms with Gasteiger partial charge in [-0.1, -0.05) is 6.92 Å². The van der Waals surface area contributed by atoms with Crippen LogP contribution < -0.4 is 0 Å². The quantitative estimate of drug-likeness (QED) is 0.639. The lowest BCUT2D eigenvalue weighted by molar-refractivity contribution is -0.256. The van der Waals surface area contributed by atoms with E-state index in [1.807, 2.05) is 6.92 Å². The summed E-state index contributed by atoms with van der Waals surface area (Å²) in [6.07, 6.45) is 2.63. The van der Waals surface area contributed by atoms with Gasteiger partial charge in [0.05, 0.1) is 6.61 Å². The summed E-state index contributed by atoms with van der Waals surface area (Å²) in [6, 6.07) is 0. The molecule has 0 aromatic heterocycles. The third-order valence-electron chi connectivity index (χ3n) is 3.43. The number of ether oxygens (including phenoxy) is 2. The van der Waals surface area contributed by atoms with Crippen LogP contribution in [-0.4, -0.2) is 30.2 Å². The summed E-state index contributed by atoms with van der Waals surface area (Å²) in [4.78, 5) is 0. The topological polar surface area (TPSA) is 38.7 Å². The number of hydrogen-bond acceptors (Lipinski definition) is 3. The summed E-state index contributed by atoms with van der Waals surface area (Å²) >= 11 is 0. The van der Waals surface area contributed by atoms with Crippen LogP contribution in [0.25, 0.3) is 0 Å². The van der Waals surface area contributed by atoms with E-state index in [0.717, 1.165) is 19.3 Å². The van der Waals surface area contributed by atoms with Gasteiger partial charge >= 0.3 is 0 Å². The Hall–Kier alpha value is -0.120. The molecule has 0 bridgehead atoms. The number of fused-ring (bicyclic) bond motifs is 1. The Labute approximate surface area is 72.7 Å². The predicted octanol–water partition coefficient (Wildman–Crippen LogP) is 0.910. The molecule has 1 heterocycles. The second-order valence-electron chi connectivity index (χ2n) is 3.95. The molecular weight excluding hydrogens is 156 g/mol. The summed E-state index contributed by atoms with van der Waals surface area (Å²) in [5.74, 6) is -0.494. The molecule has 0 radical (unpaired) electrons. The van der Waals surface area contributed by atoms with Crippen LogP contribution in [0.3, 0.4) is 0 Å². The van der Waals surface area contributed by atoms with Crippen molar-refractivity contribution in [3.8, 4) is 0 Å². The fourth-order valence-corrected chi connectivity index (χ4v) is 2.55. The molecule has 70 valence electrons. The first kappa shape index (κ1) is 8.48. The molecule has 1 aliphatic carbocycles. The van der Waals surface area contributed by atoms with Crippen molar-refractivity contribution in [3.63, 3.8) is 0 Å². The third-order valence-corrected chi connectivity index (χ3v) is 3.43. The van der Waals surface area contributed by atoms with Crippen LogP contribution in [-0.2, 0) is 9.47 Å². The maximum Gasteiger partial charge on any atom is 0.197 e. The van der Waals surface area contributed by atoms with Crippen molar-refractivity contribution in [2.75, 3.05) is 13.7 Å². The van der Waals surface area contributed by atoms with Gasteiger partial charge in [0.2, 0.25) is 0 Å². The van der Waals surface area contributed by atoms with Crippen molar-refractivity contribution in [1.82, 2.24) is 0 Å². The second-order valence-corrected chi connectivity index (χ2v) is 3.95. The predicted molar refractivity (Wildman–Crippen MR) is 43.7 cm³/mol. The monoisotopic (exact) mass is 172 g/mol. The van der Waals surface area contributed by atoms with Gasteiger partial charge in [-0.3, -0.25) is 0 Å². The first-order valence-electron chi connectivity index (χ1n) is 4.56. The zero-order valence-electron chi connectivity index (χ0n) is 7.67. The Morgan fingerprint density at radius 1 is 1.50 bits per heavy atom. The first-order chi connectivity index (χ1) is 5.65. The summed E-state index contributed by atoms with van der Waals surface area (Å²) in [5.41, 5.74) is -0.734. The van der Waals surface area contributed by atoms with Crippen molar-refractivity contribution in [2.45, 2.75) is 37.6 Å². The van der Waals surface area contributed by atoms with Gasteiger partial charge in [-0.05, 0) is 12.8 Å². The van der Waals surface area contributed by atoms with E-state index in [1.165, 1.54) is 0 Å². The van der Waals surface area contributed by atoms with E-state index in [4.69, 9.17) is 9.47 Å². The van der Waals surface area contributed by atoms with Gasteiger partial charge < -0.3 is 14.6 Å². The molecule has 1 N–H and O–H groups in total. The highest BCUT2D eigenvalue weighted by molar-refractivity contribution is 5.07. The van der Waals surface area contributed by atoms with Gasteiger partial charge in [0.15, 0.2) is 5.79 Å². The summed E-state index contributed by atoms with van der Waals surface area (Å²) in [6.45, 7) is 2.64. The van der Waals surface area contributed by atoms with Crippen LogP contribution in [0.4, 0.5) is 0 Å². The van der Waals surface area contributed by atoms with Crippen LogP contribution in [0.15, 0.2) is 0 Å². The Morgan fingerprint density at radius 2 is 2.25 bits per heavy atom. The van der Waals surface area contributed by atoms with E-state index in [1.54, 1.807) is 7.11 Å². The second kappa shape index (κ2) is 2.44. The highest BCUT2D eigenvalue weighted by Gasteiger charge is 2.63. The van der Waals surface area contributed by atoms with Gasteiger partial charge in [-0.2, -0.15) is 0 Å². The fraction of sp³-hybridized carbons (Fsp3) is 1.00. The smallest absolute Gasteiger partial charge is 0.197 e. The van der Waals surface area contributed by atoms with Gasteiger partial charge in [0.1, 0.15) is 5.60 Å². The molecule has 0 spiro atoms. The Morgan fingerprint density at radius 3 is 2.83 bits per heavy atom. The SMILES string of the molecule is CO[C@@]12CCC[C@]1(O)[C@H](C)CO2. The van der Waals surface area contributed by atoms with Gasteiger partial charge in [0, 0.05) is 19.4 Å². The lowest BCUT2D eigenvalue weighted by Gasteiger charge is -2.35. The Balaban J connectivity index is 2.33. The molecular formula is C9H16O3. The normalized spacial score (nSPS) is 52.8. The van der Waals surface area contributed by atoms with Crippen LogP contribution in [0.2, 0.25) is 0 Å². The zero-order chi connectivity index (χ0) is 8.82. The van der Waals surface area contributed by atoms with E-state index in [2.05, 4.69) is 0 Å². The molecule has 1 saturated carbocycles. The standard InChI is InChI=1S/C9H16O3/c1-7-6-12-9(11-2)5-3-4-8(7,9)10/h7,10H,3-6H2,1-2H3/t7-,8+,9-/m1/s1. The summed E-state index contributed by atoms with van der Waals surface area (Å²) in [5, 5.41) is 10.3. The minimum atomic E-state index is -0.734. The van der Waals surface area contributed by atoms with E-state index in [0.29, 0.717) is 6.61 Å². The number of methoxy groups -OCH3 is 1. The minimum Gasteiger partial charge on any atom is -0.384 e. The zero-order valence-corrected chi connectivity index (χ0v) is 7.67. The average molecular weight is 172 g/mol. The van der Waals surface area contributed by atoms with Crippen molar-refractivity contribution < 1.29 is 14.6 Å². The lowest BCUT2D eigenvalue weighted by Crippen LogP contribution is -2.50. The molecule has 3 atom stereocenters. The van der Waals surface area contributed by atoms with Crippen molar-refractivity contribution in [1.29, 1.82) is 0 Å². The summed E-state index contributed by atoms with van der Waals surface area (Å²) < 4.78 is 10.9. The van der Waals surface area contributed by atoms with Crippen LogP contribution in [0.1, 0.15) is 26.2 Å². The van der Waals surface area contributed by atoms with Gasteiger partial charge in [0.25, 0.3) is 0 Å². The highest BCUT2D eigenvalue weighted by atomic mass is 16.7. The van der Waals surface area contributed by atoms with Gasteiger partial charge in [-0.15, -0.1) is 0 Å². The molecule has 1 saturated heterocycles. The lowest BCUT2D eigenvalue weighted by atomic mass is 9.86. The van der Waals surface area contributed by atoms with E-state index in [9.17, 15) is 5.11 Å². The number of rotatable bonds is 1. The number of hydrogen-bond donors (Lipinski definition) is 1. The maximum atomic E-state index is 10.3. The molecule has 0 unspecified atom stereocenters. The van der Waals surface area contributed by atoms with Crippen molar-refractivity contribution in [2.24, 2.45) is 5.92 Å². The van der Waals surface area contributed by atoms with Crippen LogP contribution >= 0.6 is 0 Å². The largest absolute Gasteiger partial charge is 0.384 e. The van der Waals surface area contributed by atoms with Crippen molar-refractivity contribution in [3.05, 3.63) is 0 Å². The van der Waals surface area contributed by atoms with Crippen LogP contribution in [0, 0.1) is 5.92 Å². The molecule has 12 heavy (non-hydrogen) atoms. The Bertz CT molecular complexity index is 190. The van der Waals surface area contributed by atoms with E-state index < -0.39 is 11.4 Å². The molecule has 3 heteroatoms. The molecule has 0 amide bonds. The van der Waals surface area contributed by atoms with Crippen molar-refractivity contribution >= 4 is 0 Å². The molecule has 3 nitrogen and oxygen atoms in total. The molecule has 2 aliphatic rings. The molecule has 2 rings (SSSR count). The third kappa shape index (κ3) is 0.767. The molecule has 0 aromatic carbocycles. The fourth-order valence-electron chi connectivity index (χ4n) is 2.55. The highest BCUT2D eigenvalue weighted by Crippen LogP contribution is 2.51. The first-order valence-corrected chi connectivity index (χ1v) is 4.56. The Kier molecular flexibility index (Phi) is 1.72. The molecule has 0 aromatic rings. The average Bonchev–Trinajstić information content (AvgIpc) is 2.50. The number of aliphatic hydroxyl groups is 1. The summed E-state index contributed by atoms with van der Waals surface area (Å²) in [7, 11) is 1.62. The van der Waals surface area contributed by atoms with E-state index in [-0.39, 0.29) is 5.92 Å². The van der Waals surface area contributed by atoms with E-state index >= 15 is 0 Å². The van der Waals surface area contributed by atoms with Crippen LogP contribution in [0.5, 0.6) is 0 Å². The molecule has 2 fully saturated rings. The molecule has 1 aliphatic heterocycles. The maximum absolute atomic E-state index is 10.3.